The number of nitrogens with two attached hydrogens (primary N) is 1. The van der Waals surface area contributed by atoms with Gasteiger partial charge in [0, 0.05) is 25.6 Å². The summed E-state index contributed by atoms with van der Waals surface area (Å²) in [7, 11) is 0. The van der Waals surface area contributed by atoms with Crippen molar-refractivity contribution in [3.63, 3.8) is 0 Å². The van der Waals surface area contributed by atoms with Crippen LogP contribution < -0.4 is 10.6 Å². The van der Waals surface area contributed by atoms with Gasteiger partial charge in [-0.1, -0.05) is 37.3 Å². The molecule has 1 unspecified atom stereocenters. The zero-order valence-electron chi connectivity index (χ0n) is 12.9. The molecule has 2 aromatic rings. The van der Waals surface area contributed by atoms with E-state index in [0.717, 1.165) is 43.3 Å². The highest BCUT2D eigenvalue weighted by Gasteiger charge is 2.28. The van der Waals surface area contributed by atoms with Gasteiger partial charge < -0.3 is 10.6 Å². The smallest absolute Gasteiger partial charge is 0.150 e. The second-order valence-corrected chi connectivity index (χ2v) is 5.89. The summed E-state index contributed by atoms with van der Waals surface area (Å²) in [6.45, 7) is 7.19. The van der Waals surface area contributed by atoms with Crippen LogP contribution in [0.5, 0.6) is 0 Å². The van der Waals surface area contributed by atoms with E-state index in [1.807, 2.05) is 6.92 Å². The monoisotopic (exact) mass is 284 g/mol. The van der Waals surface area contributed by atoms with E-state index < -0.39 is 0 Å². The van der Waals surface area contributed by atoms with Crippen LogP contribution in [-0.4, -0.2) is 22.9 Å². The van der Waals surface area contributed by atoms with Gasteiger partial charge >= 0.3 is 0 Å². The molecule has 112 valence electrons. The van der Waals surface area contributed by atoms with Crippen molar-refractivity contribution in [3.05, 3.63) is 41.6 Å². The lowest BCUT2D eigenvalue weighted by atomic mass is 9.99. The molecule has 0 spiro atoms. The van der Waals surface area contributed by atoms with Crippen molar-refractivity contribution in [1.82, 2.24) is 9.78 Å². The molecular formula is C17H24N4. The fourth-order valence-electron chi connectivity index (χ4n) is 3.23. The highest BCUT2D eigenvalue weighted by molar-refractivity contribution is 5.67. The van der Waals surface area contributed by atoms with Gasteiger partial charge in [0.25, 0.3) is 0 Å². The van der Waals surface area contributed by atoms with Crippen molar-refractivity contribution in [1.29, 1.82) is 0 Å². The van der Waals surface area contributed by atoms with Gasteiger partial charge in [-0.25, -0.2) is 4.68 Å². The van der Waals surface area contributed by atoms with E-state index >= 15 is 0 Å². The molecule has 2 heterocycles. The maximum atomic E-state index is 6.27. The molecule has 0 bridgehead atoms. The quantitative estimate of drug-likeness (QED) is 0.938. The molecule has 3 rings (SSSR count). The molecular weight excluding hydrogens is 260 g/mol. The van der Waals surface area contributed by atoms with Crippen molar-refractivity contribution < 1.29 is 0 Å². The van der Waals surface area contributed by atoms with Crippen molar-refractivity contribution in [2.75, 3.05) is 23.7 Å². The lowest BCUT2D eigenvalue weighted by molar-refractivity contribution is 0.591. The molecule has 0 aliphatic carbocycles. The molecule has 0 radical (unpaired) electrons. The summed E-state index contributed by atoms with van der Waals surface area (Å²) in [5.74, 6) is 1.71. The fraction of sp³-hybridized carbons (Fsp3) is 0.471. The maximum absolute atomic E-state index is 6.27. The first-order valence-corrected chi connectivity index (χ1v) is 7.83. The van der Waals surface area contributed by atoms with E-state index in [2.05, 4.69) is 51.9 Å². The summed E-state index contributed by atoms with van der Waals surface area (Å²) < 4.78 is 2.08. The molecule has 4 nitrogen and oxygen atoms in total. The first-order chi connectivity index (χ1) is 10.2. The number of hydrogen-bond acceptors (Lipinski definition) is 3. The summed E-state index contributed by atoms with van der Waals surface area (Å²) in [5.41, 5.74) is 9.49. The summed E-state index contributed by atoms with van der Waals surface area (Å²) in [5, 5.41) is 4.59. The number of anilines is 2. The molecule has 1 atom stereocenters. The number of hydrogen-bond donors (Lipinski definition) is 1. The number of nitrogen functional groups attached to an aromatic ring is 1. The minimum Gasteiger partial charge on any atom is -0.394 e. The van der Waals surface area contributed by atoms with Crippen LogP contribution in [0.4, 0.5) is 11.5 Å². The Morgan fingerprint density at radius 3 is 2.76 bits per heavy atom. The number of aryl methyl sites for hydroxylation is 2. The Morgan fingerprint density at radius 2 is 2.05 bits per heavy atom. The van der Waals surface area contributed by atoms with Gasteiger partial charge in [-0.2, -0.15) is 5.10 Å². The molecule has 1 fully saturated rings. The summed E-state index contributed by atoms with van der Waals surface area (Å²) in [6, 6.07) is 10.8. The molecule has 1 aliphatic rings. The molecule has 21 heavy (non-hydrogen) atoms. The van der Waals surface area contributed by atoms with Crippen LogP contribution in [0.25, 0.3) is 0 Å². The van der Waals surface area contributed by atoms with Gasteiger partial charge in [0.15, 0.2) is 5.82 Å². The van der Waals surface area contributed by atoms with Gasteiger partial charge in [0.05, 0.1) is 11.4 Å². The van der Waals surface area contributed by atoms with Gasteiger partial charge in [-0.15, -0.1) is 0 Å². The SMILES string of the molecule is CCCn1nc(C)c(N)c1N1CCC(c2ccccc2)C1. The standard InChI is InChI=1S/C17H24N4/c1-3-10-21-17(16(18)13(2)19-21)20-11-9-15(12-20)14-7-5-4-6-8-14/h4-8,15H,3,9-12,18H2,1-2H3. The van der Waals surface area contributed by atoms with Gasteiger partial charge in [0.1, 0.15) is 0 Å². The zero-order chi connectivity index (χ0) is 14.8. The minimum atomic E-state index is 0.593. The van der Waals surface area contributed by atoms with Crippen molar-refractivity contribution in [2.24, 2.45) is 0 Å². The highest BCUT2D eigenvalue weighted by Crippen LogP contribution is 2.34. The lowest BCUT2D eigenvalue weighted by Gasteiger charge is -2.21. The van der Waals surface area contributed by atoms with E-state index in [9.17, 15) is 0 Å². The summed E-state index contributed by atoms with van der Waals surface area (Å²) in [6.07, 6.45) is 2.25. The summed E-state index contributed by atoms with van der Waals surface area (Å²) >= 11 is 0. The Bertz CT molecular complexity index is 603. The first-order valence-electron chi connectivity index (χ1n) is 7.83. The largest absolute Gasteiger partial charge is 0.394 e. The van der Waals surface area contributed by atoms with E-state index in [0.29, 0.717) is 5.92 Å². The first kappa shape index (κ1) is 14.0. The Morgan fingerprint density at radius 1 is 1.29 bits per heavy atom. The molecule has 4 heteroatoms. The van der Waals surface area contributed by atoms with E-state index in [4.69, 9.17) is 5.73 Å². The summed E-state index contributed by atoms with van der Waals surface area (Å²) in [4.78, 5) is 2.41. The zero-order valence-corrected chi connectivity index (χ0v) is 12.9. The van der Waals surface area contributed by atoms with Crippen molar-refractivity contribution >= 4 is 11.5 Å². The van der Waals surface area contributed by atoms with Crippen LogP contribution in [0, 0.1) is 6.92 Å². The van der Waals surface area contributed by atoms with Crippen LogP contribution >= 0.6 is 0 Å². The number of benzene rings is 1. The predicted molar refractivity (Wildman–Crippen MR) is 87.7 cm³/mol. The Balaban J connectivity index is 1.83. The molecule has 1 aromatic carbocycles. The van der Waals surface area contributed by atoms with E-state index in [-0.39, 0.29) is 0 Å². The second kappa shape index (κ2) is 5.80. The van der Waals surface area contributed by atoms with Crippen LogP contribution in [-0.2, 0) is 6.54 Å². The van der Waals surface area contributed by atoms with Crippen LogP contribution in [0.3, 0.4) is 0 Å². The third-order valence-electron chi connectivity index (χ3n) is 4.34. The number of aromatic nitrogens is 2. The second-order valence-electron chi connectivity index (χ2n) is 5.89. The van der Waals surface area contributed by atoms with E-state index in [1.165, 1.54) is 12.0 Å². The third-order valence-corrected chi connectivity index (χ3v) is 4.34. The average molecular weight is 284 g/mol. The highest BCUT2D eigenvalue weighted by atomic mass is 15.4. The molecule has 2 N–H and O–H groups in total. The van der Waals surface area contributed by atoms with Gasteiger partial charge in [0.2, 0.25) is 0 Å². The molecule has 1 aromatic heterocycles. The third kappa shape index (κ3) is 2.62. The van der Waals surface area contributed by atoms with Gasteiger partial charge in [-0.3, -0.25) is 0 Å². The fourth-order valence-corrected chi connectivity index (χ4v) is 3.23. The predicted octanol–water partition coefficient (Wildman–Crippen LogP) is 3.18. The topological polar surface area (TPSA) is 47.1 Å². The van der Waals surface area contributed by atoms with E-state index in [1.54, 1.807) is 0 Å². The minimum absolute atomic E-state index is 0.593. The lowest BCUT2D eigenvalue weighted by Crippen LogP contribution is -2.23. The molecule has 1 saturated heterocycles. The molecule has 1 aliphatic heterocycles. The number of rotatable bonds is 4. The normalized spacial score (nSPS) is 18.4. The van der Waals surface area contributed by atoms with Crippen molar-refractivity contribution in [2.45, 2.75) is 39.2 Å². The molecule has 0 saturated carbocycles. The van der Waals surface area contributed by atoms with Crippen LogP contribution in [0.2, 0.25) is 0 Å². The Kier molecular flexibility index (Phi) is 3.86. The maximum Gasteiger partial charge on any atom is 0.150 e. The van der Waals surface area contributed by atoms with Crippen molar-refractivity contribution in [3.8, 4) is 0 Å². The molecule has 0 amide bonds. The van der Waals surface area contributed by atoms with Crippen LogP contribution in [0.1, 0.15) is 36.9 Å². The Labute approximate surface area is 126 Å². The average Bonchev–Trinajstić information content (AvgIpc) is 3.07. The van der Waals surface area contributed by atoms with Crippen LogP contribution in [0.15, 0.2) is 30.3 Å². The van der Waals surface area contributed by atoms with Gasteiger partial charge in [-0.05, 0) is 25.3 Å². The Hall–Kier alpha value is -1.97. The number of nitrogens with zero attached hydrogens (tertiary/aromatic N) is 3.